The first-order valence-electron chi connectivity index (χ1n) is 9.45. The molecule has 0 spiro atoms. The number of esters is 1. The maximum absolute atomic E-state index is 12.0. The van der Waals surface area contributed by atoms with Gasteiger partial charge >= 0.3 is 5.97 Å². The van der Waals surface area contributed by atoms with Gasteiger partial charge in [-0.3, -0.25) is 9.59 Å². The van der Waals surface area contributed by atoms with Crippen molar-refractivity contribution in [2.45, 2.75) is 33.6 Å². The summed E-state index contributed by atoms with van der Waals surface area (Å²) in [4.78, 5) is 28.1. The van der Waals surface area contributed by atoms with Crippen molar-refractivity contribution in [2.75, 3.05) is 11.9 Å². The molecule has 150 valence electrons. The Bertz CT molecular complexity index is 1010. The molecule has 1 heterocycles. The molecule has 1 N–H and O–H groups in total. The van der Waals surface area contributed by atoms with Crippen LogP contribution in [0.1, 0.15) is 29.0 Å². The van der Waals surface area contributed by atoms with Crippen LogP contribution < -0.4 is 5.32 Å². The lowest BCUT2D eigenvalue weighted by Gasteiger charge is -2.08. The van der Waals surface area contributed by atoms with E-state index in [1.165, 1.54) is 0 Å². The predicted molar refractivity (Wildman–Crippen MR) is 111 cm³/mol. The summed E-state index contributed by atoms with van der Waals surface area (Å²) in [6.45, 7) is 5.66. The van der Waals surface area contributed by atoms with E-state index < -0.39 is 5.97 Å². The number of ether oxygens (including phenoxy) is 1. The van der Waals surface area contributed by atoms with Crippen LogP contribution in [0.3, 0.4) is 0 Å². The third kappa shape index (κ3) is 5.78. The lowest BCUT2D eigenvalue weighted by atomic mass is 10.1. The molecule has 1 amide bonds. The first kappa shape index (κ1) is 20.3. The molecule has 0 unspecified atom stereocenters. The van der Waals surface area contributed by atoms with Crippen LogP contribution >= 0.6 is 0 Å². The number of oxazole rings is 1. The Kier molecular flexibility index (Phi) is 6.44. The standard InChI is InChI=1S/C23H24N2O4/c1-15-4-7-18(8-5-15)20-13-24-22(29-20)10-11-23(27)28-14-21(26)25-19-9-6-16(2)17(3)12-19/h4-9,12-13H,10-11,14H2,1-3H3,(H,25,26). The summed E-state index contributed by atoms with van der Waals surface area (Å²) in [5.41, 5.74) is 5.00. The maximum Gasteiger partial charge on any atom is 0.306 e. The second-order valence-electron chi connectivity index (χ2n) is 6.99. The highest BCUT2D eigenvalue weighted by Gasteiger charge is 2.12. The molecule has 0 aliphatic rings. The minimum absolute atomic E-state index is 0.0881. The molecule has 6 heteroatoms. The van der Waals surface area contributed by atoms with Crippen molar-refractivity contribution in [3.05, 3.63) is 71.2 Å². The van der Waals surface area contributed by atoms with Crippen LogP contribution in [-0.2, 0) is 20.7 Å². The summed E-state index contributed by atoms with van der Waals surface area (Å²) >= 11 is 0. The van der Waals surface area contributed by atoms with Crippen LogP contribution in [0.15, 0.2) is 53.1 Å². The molecule has 0 fully saturated rings. The van der Waals surface area contributed by atoms with Gasteiger partial charge in [-0.2, -0.15) is 0 Å². The first-order valence-corrected chi connectivity index (χ1v) is 9.45. The highest BCUT2D eigenvalue weighted by Crippen LogP contribution is 2.21. The van der Waals surface area contributed by atoms with E-state index in [0.717, 1.165) is 22.3 Å². The molecule has 0 atom stereocenters. The number of carbonyl (C=O) groups is 2. The zero-order valence-electron chi connectivity index (χ0n) is 16.8. The number of aromatic nitrogens is 1. The van der Waals surface area contributed by atoms with E-state index >= 15 is 0 Å². The van der Waals surface area contributed by atoms with E-state index in [1.807, 2.05) is 63.2 Å². The minimum atomic E-state index is -0.477. The van der Waals surface area contributed by atoms with E-state index in [1.54, 1.807) is 6.20 Å². The second kappa shape index (κ2) is 9.19. The van der Waals surface area contributed by atoms with Crippen molar-refractivity contribution < 1.29 is 18.7 Å². The van der Waals surface area contributed by atoms with Gasteiger partial charge < -0.3 is 14.5 Å². The average molecular weight is 392 g/mol. The first-order chi connectivity index (χ1) is 13.9. The molecule has 0 bridgehead atoms. The summed E-state index contributed by atoms with van der Waals surface area (Å²) in [5.74, 6) is 0.257. The molecule has 2 aromatic carbocycles. The Morgan fingerprint density at radius 2 is 1.79 bits per heavy atom. The number of nitrogens with one attached hydrogen (secondary N) is 1. The fraction of sp³-hybridized carbons (Fsp3) is 0.261. The Morgan fingerprint density at radius 3 is 2.52 bits per heavy atom. The zero-order valence-corrected chi connectivity index (χ0v) is 16.8. The highest BCUT2D eigenvalue weighted by molar-refractivity contribution is 5.92. The number of nitrogens with zero attached hydrogens (tertiary/aromatic N) is 1. The van der Waals surface area contributed by atoms with E-state index in [0.29, 0.717) is 23.8 Å². The number of aryl methyl sites for hydroxylation is 4. The third-order valence-electron chi connectivity index (χ3n) is 4.59. The molecule has 0 saturated heterocycles. The fourth-order valence-corrected chi connectivity index (χ4v) is 2.72. The summed E-state index contributed by atoms with van der Waals surface area (Å²) in [5, 5.41) is 2.72. The number of amides is 1. The van der Waals surface area contributed by atoms with Crippen LogP contribution in [0.4, 0.5) is 5.69 Å². The van der Waals surface area contributed by atoms with E-state index in [4.69, 9.17) is 9.15 Å². The van der Waals surface area contributed by atoms with E-state index in [9.17, 15) is 9.59 Å². The molecule has 6 nitrogen and oxygen atoms in total. The Balaban J connectivity index is 1.43. The topological polar surface area (TPSA) is 81.4 Å². The molecule has 0 aliphatic carbocycles. The number of hydrogen-bond donors (Lipinski definition) is 1. The van der Waals surface area contributed by atoms with Crippen LogP contribution in [0.2, 0.25) is 0 Å². The molecule has 0 aliphatic heterocycles. The maximum atomic E-state index is 12.0. The monoisotopic (exact) mass is 392 g/mol. The molecular weight excluding hydrogens is 368 g/mol. The van der Waals surface area contributed by atoms with E-state index in [2.05, 4.69) is 10.3 Å². The van der Waals surface area contributed by atoms with Crippen molar-refractivity contribution in [2.24, 2.45) is 0 Å². The summed E-state index contributed by atoms with van der Waals surface area (Å²) in [6, 6.07) is 13.5. The van der Waals surface area contributed by atoms with Gasteiger partial charge in [-0.1, -0.05) is 35.9 Å². The number of hydrogen-bond acceptors (Lipinski definition) is 5. The molecule has 1 aromatic heterocycles. The van der Waals surface area contributed by atoms with Gasteiger partial charge in [-0.05, 0) is 44.0 Å². The normalized spacial score (nSPS) is 10.6. The largest absolute Gasteiger partial charge is 0.456 e. The Hall–Kier alpha value is -3.41. The van der Waals surface area contributed by atoms with Gasteiger partial charge in [0.2, 0.25) is 0 Å². The van der Waals surface area contributed by atoms with Crippen LogP contribution in [0, 0.1) is 20.8 Å². The zero-order chi connectivity index (χ0) is 20.8. The van der Waals surface area contributed by atoms with E-state index in [-0.39, 0.29) is 18.9 Å². The van der Waals surface area contributed by atoms with Crippen molar-refractivity contribution in [1.29, 1.82) is 0 Å². The third-order valence-corrected chi connectivity index (χ3v) is 4.59. The quantitative estimate of drug-likeness (QED) is 0.604. The molecular formula is C23H24N2O4. The predicted octanol–water partition coefficient (Wildman–Crippen LogP) is 4.38. The lowest BCUT2D eigenvalue weighted by molar-refractivity contribution is -0.147. The molecule has 29 heavy (non-hydrogen) atoms. The van der Waals surface area contributed by atoms with Crippen molar-refractivity contribution in [3.63, 3.8) is 0 Å². The van der Waals surface area contributed by atoms with Crippen molar-refractivity contribution in [3.8, 4) is 11.3 Å². The molecule has 3 aromatic rings. The van der Waals surface area contributed by atoms with Gasteiger partial charge in [-0.15, -0.1) is 0 Å². The summed E-state index contributed by atoms with van der Waals surface area (Å²) < 4.78 is 10.7. The van der Waals surface area contributed by atoms with Gasteiger partial charge in [0.15, 0.2) is 18.3 Å². The average Bonchev–Trinajstić information content (AvgIpc) is 3.17. The van der Waals surface area contributed by atoms with Gasteiger partial charge in [0.05, 0.1) is 12.6 Å². The molecule has 0 radical (unpaired) electrons. The van der Waals surface area contributed by atoms with Crippen molar-refractivity contribution >= 4 is 17.6 Å². The fourth-order valence-electron chi connectivity index (χ4n) is 2.72. The van der Waals surface area contributed by atoms with Gasteiger partial charge in [0.25, 0.3) is 5.91 Å². The number of benzene rings is 2. The van der Waals surface area contributed by atoms with Crippen LogP contribution in [0.25, 0.3) is 11.3 Å². The summed E-state index contributed by atoms with van der Waals surface area (Å²) in [7, 11) is 0. The second-order valence-corrected chi connectivity index (χ2v) is 6.99. The highest BCUT2D eigenvalue weighted by atomic mass is 16.5. The Labute approximate surface area is 169 Å². The van der Waals surface area contributed by atoms with Crippen LogP contribution in [0.5, 0.6) is 0 Å². The Morgan fingerprint density at radius 1 is 1.03 bits per heavy atom. The minimum Gasteiger partial charge on any atom is -0.456 e. The SMILES string of the molecule is Cc1ccc(-c2cnc(CCC(=O)OCC(=O)Nc3ccc(C)c(C)c3)o2)cc1. The van der Waals surface area contributed by atoms with Crippen LogP contribution in [-0.4, -0.2) is 23.5 Å². The molecule has 0 saturated carbocycles. The number of anilines is 1. The van der Waals surface area contributed by atoms with Crippen molar-refractivity contribution in [1.82, 2.24) is 4.98 Å². The summed E-state index contributed by atoms with van der Waals surface area (Å²) in [6.07, 6.45) is 2.04. The smallest absolute Gasteiger partial charge is 0.306 e. The molecule has 3 rings (SSSR count). The lowest BCUT2D eigenvalue weighted by Crippen LogP contribution is -2.21. The number of carbonyl (C=O) groups excluding carboxylic acids is 2. The van der Waals surface area contributed by atoms with Gasteiger partial charge in [0, 0.05) is 17.7 Å². The number of rotatable bonds is 7. The van der Waals surface area contributed by atoms with Gasteiger partial charge in [-0.25, -0.2) is 4.98 Å². The van der Waals surface area contributed by atoms with Gasteiger partial charge in [0.1, 0.15) is 0 Å².